The lowest BCUT2D eigenvalue weighted by Gasteiger charge is -2.21. The van der Waals surface area contributed by atoms with Crippen LogP contribution in [0.2, 0.25) is 0 Å². The van der Waals surface area contributed by atoms with Crippen LogP contribution >= 0.6 is 15.9 Å². The average molecular weight is 361 g/mol. The largest absolute Gasteiger partial charge is 0.481 e. The molecule has 0 aliphatic rings. The summed E-state index contributed by atoms with van der Waals surface area (Å²) in [6.07, 6.45) is 0.372. The Balaban J connectivity index is 2.55. The summed E-state index contributed by atoms with van der Waals surface area (Å²) in [7, 11) is 0. The number of benzene rings is 1. The molecule has 1 rings (SSSR count). The molecule has 116 valence electrons. The van der Waals surface area contributed by atoms with Gasteiger partial charge in [-0.1, -0.05) is 15.9 Å². The lowest BCUT2D eigenvalue weighted by atomic mass is 10.2. The average Bonchev–Trinajstić information content (AvgIpc) is 2.44. The molecule has 0 saturated heterocycles. The molecule has 2 amide bonds. The third kappa shape index (κ3) is 6.12. The van der Waals surface area contributed by atoms with E-state index in [-0.39, 0.29) is 31.4 Å². The summed E-state index contributed by atoms with van der Waals surface area (Å²) < 4.78 is 14.4. The summed E-state index contributed by atoms with van der Waals surface area (Å²) in [5.41, 5.74) is 0.423. The van der Waals surface area contributed by atoms with E-state index in [1.165, 1.54) is 11.0 Å². The van der Waals surface area contributed by atoms with E-state index >= 15 is 0 Å². The summed E-state index contributed by atoms with van der Waals surface area (Å²) in [6, 6.07) is 4.25. The summed E-state index contributed by atoms with van der Waals surface area (Å²) in [4.78, 5) is 23.8. The number of hydrogen-bond acceptors (Lipinski definition) is 2. The van der Waals surface area contributed by atoms with Gasteiger partial charge in [0.25, 0.3) is 0 Å². The van der Waals surface area contributed by atoms with Crippen molar-refractivity contribution in [3.05, 3.63) is 34.1 Å². The fourth-order valence-electron chi connectivity index (χ4n) is 1.74. The van der Waals surface area contributed by atoms with Crippen LogP contribution in [0.3, 0.4) is 0 Å². The quantitative estimate of drug-likeness (QED) is 0.734. The zero-order valence-electron chi connectivity index (χ0n) is 11.7. The maximum absolute atomic E-state index is 13.7. The summed E-state index contributed by atoms with van der Waals surface area (Å²) in [6.45, 7) is 2.67. The molecular formula is C14H18BrFN2O3. The maximum atomic E-state index is 13.7. The van der Waals surface area contributed by atoms with E-state index in [0.29, 0.717) is 18.5 Å². The number of carbonyl (C=O) groups is 2. The molecule has 0 radical (unpaired) electrons. The fourth-order valence-corrected chi connectivity index (χ4v) is 2.15. The van der Waals surface area contributed by atoms with E-state index in [9.17, 15) is 14.0 Å². The Morgan fingerprint density at radius 1 is 1.43 bits per heavy atom. The zero-order valence-corrected chi connectivity index (χ0v) is 13.3. The summed E-state index contributed by atoms with van der Waals surface area (Å²) >= 11 is 3.27. The fraction of sp³-hybridized carbons (Fsp3) is 0.429. The number of urea groups is 1. The number of amides is 2. The first kappa shape index (κ1) is 17.4. The standard InChI is InChI=1S/C14H18BrFN2O3/c1-2-18(14(21)17-7-3-4-13(19)20)9-10-8-11(15)5-6-12(10)16/h5-6,8H,2-4,7,9H2,1H3,(H,17,21)(H,19,20). The van der Waals surface area contributed by atoms with Crippen molar-refractivity contribution in [3.63, 3.8) is 0 Å². The molecule has 0 saturated carbocycles. The molecule has 0 spiro atoms. The van der Waals surface area contributed by atoms with Gasteiger partial charge in [-0.2, -0.15) is 0 Å². The normalized spacial score (nSPS) is 10.2. The molecule has 0 aliphatic carbocycles. The van der Waals surface area contributed by atoms with Crippen molar-refractivity contribution in [1.82, 2.24) is 10.2 Å². The van der Waals surface area contributed by atoms with Crippen LogP contribution < -0.4 is 5.32 Å². The van der Waals surface area contributed by atoms with Crippen molar-refractivity contribution in [2.45, 2.75) is 26.3 Å². The molecule has 1 aromatic rings. The minimum absolute atomic E-state index is 0.00661. The van der Waals surface area contributed by atoms with E-state index < -0.39 is 5.97 Å². The first-order valence-corrected chi connectivity index (χ1v) is 7.41. The minimum Gasteiger partial charge on any atom is -0.481 e. The number of carboxylic acid groups (broad SMARTS) is 1. The number of halogens is 2. The van der Waals surface area contributed by atoms with E-state index in [0.717, 1.165) is 4.47 Å². The van der Waals surface area contributed by atoms with Gasteiger partial charge in [0.15, 0.2) is 0 Å². The van der Waals surface area contributed by atoms with Crippen LogP contribution in [0, 0.1) is 5.82 Å². The monoisotopic (exact) mass is 360 g/mol. The molecule has 21 heavy (non-hydrogen) atoms. The zero-order chi connectivity index (χ0) is 15.8. The lowest BCUT2D eigenvalue weighted by Crippen LogP contribution is -2.40. The van der Waals surface area contributed by atoms with Gasteiger partial charge >= 0.3 is 12.0 Å². The third-order valence-electron chi connectivity index (χ3n) is 2.88. The number of hydrogen-bond donors (Lipinski definition) is 2. The smallest absolute Gasteiger partial charge is 0.317 e. The van der Waals surface area contributed by atoms with Crippen molar-refractivity contribution in [2.75, 3.05) is 13.1 Å². The first-order valence-electron chi connectivity index (χ1n) is 6.62. The van der Waals surface area contributed by atoms with Gasteiger partial charge in [-0.3, -0.25) is 4.79 Å². The van der Waals surface area contributed by atoms with E-state index in [1.54, 1.807) is 19.1 Å². The van der Waals surface area contributed by atoms with Crippen LogP contribution in [-0.4, -0.2) is 35.1 Å². The SMILES string of the molecule is CCN(Cc1cc(Br)ccc1F)C(=O)NCCCC(=O)O. The van der Waals surface area contributed by atoms with E-state index in [4.69, 9.17) is 5.11 Å². The number of aliphatic carboxylic acids is 1. The van der Waals surface area contributed by atoms with Crippen LogP contribution in [0.5, 0.6) is 0 Å². The predicted octanol–water partition coefficient (Wildman–Crippen LogP) is 2.98. The second-order valence-electron chi connectivity index (χ2n) is 4.48. The van der Waals surface area contributed by atoms with Gasteiger partial charge < -0.3 is 15.3 Å². The van der Waals surface area contributed by atoms with Gasteiger partial charge in [0.2, 0.25) is 0 Å². The minimum atomic E-state index is -0.896. The molecule has 0 unspecified atom stereocenters. The Morgan fingerprint density at radius 3 is 2.76 bits per heavy atom. The Hall–Kier alpha value is -1.63. The van der Waals surface area contributed by atoms with Gasteiger partial charge in [0, 0.05) is 29.5 Å². The Kier molecular flexibility index (Phi) is 7.14. The van der Waals surface area contributed by atoms with Crippen LogP contribution in [0.1, 0.15) is 25.3 Å². The summed E-state index contributed by atoms with van der Waals surface area (Å²) in [5.74, 6) is -1.26. The molecule has 0 fully saturated rings. The van der Waals surface area contributed by atoms with Crippen LogP contribution in [-0.2, 0) is 11.3 Å². The molecule has 0 atom stereocenters. The first-order chi connectivity index (χ1) is 9.93. The molecule has 0 aliphatic heterocycles. The molecule has 1 aromatic carbocycles. The van der Waals surface area contributed by atoms with Crippen LogP contribution in [0.4, 0.5) is 9.18 Å². The van der Waals surface area contributed by atoms with Crippen molar-refractivity contribution in [1.29, 1.82) is 0 Å². The number of carboxylic acids is 1. The van der Waals surface area contributed by atoms with Crippen LogP contribution in [0.15, 0.2) is 22.7 Å². The number of carbonyl (C=O) groups excluding carboxylic acids is 1. The third-order valence-corrected chi connectivity index (χ3v) is 3.37. The van der Waals surface area contributed by atoms with Crippen molar-refractivity contribution in [2.24, 2.45) is 0 Å². The molecule has 0 bridgehead atoms. The second-order valence-corrected chi connectivity index (χ2v) is 5.39. The van der Waals surface area contributed by atoms with Crippen molar-refractivity contribution >= 4 is 27.9 Å². The topological polar surface area (TPSA) is 69.6 Å². The van der Waals surface area contributed by atoms with Crippen LogP contribution in [0.25, 0.3) is 0 Å². The molecule has 0 heterocycles. The molecule has 0 aromatic heterocycles. The maximum Gasteiger partial charge on any atom is 0.317 e. The number of nitrogens with zero attached hydrogens (tertiary/aromatic N) is 1. The molecular weight excluding hydrogens is 343 g/mol. The highest BCUT2D eigenvalue weighted by atomic mass is 79.9. The van der Waals surface area contributed by atoms with Gasteiger partial charge in [0.1, 0.15) is 5.82 Å². The van der Waals surface area contributed by atoms with E-state index in [2.05, 4.69) is 21.2 Å². The van der Waals surface area contributed by atoms with Gasteiger partial charge in [-0.05, 0) is 31.5 Å². The highest BCUT2D eigenvalue weighted by molar-refractivity contribution is 9.10. The highest BCUT2D eigenvalue weighted by Gasteiger charge is 2.14. The van der Waals surface area contributed by atoms with Gasteiger partial charge in [-0.15, -0.1) is 0 Å². The van der Waals surface area contributed by atoms with Crippen molar-refractivity contribution < 1.29 is 19.1 Å². The van der Waals surface area contributed by atoms with Gasteiger partial charge in [-0.25, -0.2) is 9.18 Å². The summed E-state index contributed by atoms with van der Waals surface area (Å²) in [5, 5.41) is 11.1. The molecule has 2 N–H and O–H groups in total. The van der Waals surface area contributed by atoms with E-state index in [1.807, 2.05) is 0 Å². The van der Waals surface area contributed by atoms with Gasteiger partial charge in [0.05, 0.1) is 6.54 Å². The number of rotatable bonds is 7. The molecule has 5 nitrogen and oxygen atoms in total. The predicted molar refractivity (Wildman–Crippen MR) is 80.5 cm³/mol. The Bertz CT molecular complexity index is 511. The Labute approximate surface area is 131 Å². The number of nitrogens with one attached hydrogen (secondary N) is 1. The van der Waals surface area contributed by atoms with Crippen molar-refractivity contribution in [3.8, 4) is 0 Å². The molecule has 7 heteroatoms. The highest BCUT2D eigenvalue weighted by Crippen LogP contribution is 2.17. The Morgan fingerprint density at radius 2 is 2.14 bits per heavy atom. The second kappa shape index (κ2) is 8.61. The lowest BCUT2D eigenvalue weighted by molar-refractivity contribution is -0.137.